The second-order valence-corrected chi connectivity index (χ2v) is 6.71. The molecule has 0 unspecified atom stereocenters. The lowest BCUT2D eigenvalue weighted by Gasteiger charge is -2.34. The molecule has 3 rings (SSSR count). The summed E-state index contributed by atoms with van der Waals surface area (Å²) in [6.07, 6.45) is 0. The molecule has 1 aliphatic heterocycles. The number of aromatic nitrogens is 1. The lowest BCUT2D eigenvalue weighted by atomic mass is 10.1. The van der Waals surface area contributed by atoms with Crippen LogP contribution in [0.3, 0.4) is 0 Å². The number of aryl methyl sites for hydroxylation is 2. The molecule has 1 saturated heterocycles. The molecular weight excluding hydrogens is 330 g/mol. The Bertz CT molecular complexity index is 665. The molecule has 6 heteroatoms. The fourth-order valence-electron chi connectivity index (χ4n) is 2.76. The van der Waals surface area contributed by atoms with Crippen LogP contribution in [0.1, 0.15) is 26.6 Å². The zero-order valence-electron chi connectivity index (χ0n) is 13.5. The van der Waals surface area contributed by atoms with Crippen molar-refractivity contribution in [2.75, 3.05) is 26.2 Å². The number of rotatable bonds is 3. The number of carbonyl (C=O) groups excluding carboxylic acids is 1. The van der Waals surface area contributed by atoms with Gasteiger partial charge in [0.15, 0.2) is 0 Å². The van der Waals surface area contributed by atoms with Gasteiger partial charge in [-0.25, -0.2) is 4.98 Å². The predicted molar refractivity (Wildman–Crippen MR) is 96.5 cm³/mol. The second-order valence-electron chi connectivity index (χ2n) is 5.77. The molecule has 1 aromatic heterocycles. The molecule has 2 aromatic rings. The first-order chi connectivity index (χ1) is 10.6. The molecular formula is C17H22ClN3OS. The van der Waals surface area contributed by atoms with E-state index >= 15 is 0 Å². The molecule has 0 saturated carbocycles. The van der Waals surface area contributed by atoms with Gasteiger partial charge in [-0.1, -0.05) is 18.2 Å². The van der Waals surface area contributed by atoms with Crippen LogP contribution < -0.4 is 0 Å². The normalized spacial score (nSPS) is 15.3. The van der Waals surface area contributed by atoms with E-state index < -0.39 is 0 Å². The summed E-state index contributed by atoms with van der Waals surface area (Å²) in [5, 5.41) is 3.25. The van der Waals surface area contributed by atoms with Gasteiger partial charge in [-0.2, -0.15) is 0 Å². The maximum Gasteiger partial charge on any atom is 0.254 e. The van der Waals surface area contributed by atoms with Crippen LogP contribution in [0.5, 0.6) is 0 Å². The van der Waals surface area contributed by atoms with Crippen molar-refractivity contribution in [1.29, 1.82) is 0 Å². The SMILES string of the molecule is Cc1csc(CN2CCN(C(=O)c3ccccc3C)CC2)n1.Cl. The lowest BCUT2D eigenvalue weighted by Crippen LogP contribution is -2.48. The molecule has 124 valence electrons. The van der Waals surface area contributed by atoms with Gasteiger partial charge in [0, 0.05) is 42.8 Å². The van der Waals surface area contributed by atoms with Crippen LogP contribution in [0.15, 0.2) is 29.6 Å². The third kappa shape index (κ3) is 4.31. The average molecular weight is 352 g/mol. The lowest BCUT2D eigenvalue weighted by molar-refractivity contribution is 0.0627. The molecule has 0 N–H and O–H groups in total. The maximum atomic E-state index is 12.6. The van der Waals surface area contributed by atoms with Gasteiger partial charge in [-0.3, -0.25) is 9.69 Å². The van der Waals surface area contributed by atoms with Crippen LogP contribution in [0, 0.1) is 13.8 Å². The van der Waals surface area contributed by atoms with Crippen molar-refractivity contribution in [2.45, 2.75) is 20.4 Å². The molecule has 0 radical (unpaired) electrons. The monoisotopic (exact) mass is 351 g/mol. The minimum absolute atomic E-state index is 0. The molecule has 1 aliphatic rings. The quantitative estimate of drug-likeness (QED) is 0.852. The number of halogens is 1. The van der Waals surface area contributed by atoms with E-state index in [4.69, 9.17) is 0 Å². The van der Waals surface area contributed by atoms with Crippen molar-refractivity contribution in [3.63, 3.8) is 0 Å². The van der Waals surface area contributed by atoms with Gasteiger partial charge in [0.2, 0.25) is 0 Å². The van der Waals surface area contributed by atoms with Gasteiger partial charge in [-0.15, -0.1) is 23.7 Å². The topological polar surface area (TPSA) is 36.4 Å². The first kappa shape index (κ1) is 17.9. The largest absolute Gasteiger partial charge is 0.336 e. The summed E-state index contributed by atoms with van der Waals surface area (Å²) in [6, 6.07) is 7.82. The molecule has 0 spiro atoms. The molecule has 1 aromatic carbocycles. The highest BCUT2D eigenvalue weighted by Crippen LogP contribution is 2.16. The Morgan fingerprint density at radius 2 is 1.87 bits per heavy atom. The van der Waals surface area contributed by atoms with E-state index in [1.807, 2.05) is 43.0 Å². The Balaban J connectivity index is 0.00000192. The molecule has 0 aliphatic carbocycles. The number of benzene rings is 1. The van der Waals surface area contributed by atoms with Crippen molar-refractivity contribution >= 4 is 29.7 Å². The van der Waals surface area contributed by atoms with Crippen LogP contribution in [-0.2, 0) is 6.54 Å². The summed E-state index contributed by atoms with van der Waals surface area (Å²) in [4.78, 5) is 21.4. The molecule has 4 nitrogen and oxygen atoms in total. The number of piperazine rings is 1. The van der Waals surface area contributed by atoms with Crippen LogP contribution in [-0.4, -0.2) is 46.9 Å². The minimum Gasteiger partial charge on any atom is -0.336 e. The number of thiazole rings is 1. The van der Waals surface area contributed by atoms with Crippen LogP contribution in [0.25, 0.3) is 0 Å². The van der Waals surface area contributed by atoms with E-state index in [1.165, 1.54) is 0 Å². The van der Waals surface area contributed by atoms with Gasteiger partial charge >= 0.3 is 0 Å². The average Bonchev–Trinajstić information content (AvgIpc) is 2.93. The highest BCUT2D eigenvalue weighted by molar-refractivity contribution is 7.09. The third-order valence-corrected chi connectivity index (χ3v) is 5.01. The van der Waals surface area contributed by atoms with Gasteiger partial charge in [0.05, 0.1) is 6.54 Å². The highest BCUT2D eigenvalue weighted by atomic mass is 35.5. The Labute approximate surface area is 147 Å². The number of hydrogen-bond donors (Lipinski definition) is 0. The van der Waals surface area contributed by atoms with Crippen LogP contribution >= 0.6 is 23.7 Å². The van der Waals surface area contributed by atoms with Crippen molar-refractivity contribution in [1.82, 2.24) is 14.8 Å². The van der Waals surface area contributed by atoms with Crippen molar-refractivity contribution in [2.24, 2.45) is 0 Å². The van der Waals surface area contributed by atoms with E-state index in [1.54, 1.807) is 11.3 Å². The fraction of sp³-hybridized carbons (Fsp3) is 0.412. The molecule has 0 bridgehead atoms. The van der Waals surface area contributed by atoms with Crippen molar-refractivity contribution < 1.29 is 4.79 Å². The Morgan fingerprint density at radius 3 is 2.48 bits per heavy atom. The van der Waals surface area contributed by atoms with E-state index in [0.717, 1.165) is 54.6 Å². The van der Waals surface area contributed by atoms with Crippen molar-refractivity contribution in [3.05, 3.63) is 51.5 Å². The van der Waals surface area contributed by atoms with Crippen LogP contribution in [0.2, 0.25) is 0 Å². The van der Waals surface area contributed by atoms with Gasteiger partial charge < -0.3 is 4.90 Å². The molecule has 2 heterocycles. The van der Waals surface area contributed by atoms with E-state index in [9.17, 15) is 4.79 Å². The summed E-state index contributed by atoms with van der Waals surface area (Å²) in [5.74, 6) is 0.155. The Kier molecular flexibility index (Phi) is 6.16. The number of nitrogens with zero attached hydrogens (tertiary/aromatic N) is 3. The highest BCUT2D eigenvalue weighted by Gasteiger charge is 2.23. The van der Waals surface area contributed by atoms with E-state index in [-0.39, 0.29) is 18.3 Å². The third-order valence-electron chi connectivity index (χ3n) is 4.06. The first-order valence-electron chi connectivity index (χ1n) is 7.62. The number of hydrogen-bond acceptors (Lipinski definition) is 4. The fourth-order valence-corrected chi connectivity index (χ4v) is 3.57. The maximum absolute atomic E-state index is 12.6. The molecule has 0 atom stereocenters. The molecule has 1 amide bonds. The number of amides is 1. The summed E-state index contributed by atoms with van der Waals surface area (Å²) in [7, 11) is 0. The molecule has 1 fully saturated rings. The van der Waals surface area contributed by atoms with Gasteiger partial charge in [0.25, 0.3) is 5.91 Å². The van der Waals surface area contributed by atoms with Crippen LogP contribution in [0.4, 0.5) is 0 Å². The van der Waals surface area contributed by atoms with E-state index in [2.05, 4.69) is 15.3 Å². The number of carbonyl (C=O) groups is 1. The minimum atomic E-state index is 0. The Morgan fingerprint density at radius 1 is 1.17 bits per heavy atom. The van der Waals surface area contributed by atoms with Gasteiger partial charge in [0.1, 0.15) is 5.01 Å². The van der Waals surface area contributed by atoms with Gasteiger partial charge in [-0.05, 0) is 25.5 Å². The summed E-state index contributed by atoms with van der Waals surface area (Å²) in [5.41, 5.74) is 2.97. The molecule has 23 heavy (non-hydrogen) atoms. The standard InChI is InChI=1S/C17H21N3OS.ClH/c1-13-5-3-4-6-15(13)17(21)20-9-7-19(8-10-20)11-16-18-14(2)12-22-16;/h3-6,12H,7-11H2,1-2H3;1H. The van der Waals surface area contributed by atoms with Crippen molar-refractivity contribution in [3.8, 4) is 0 Å². The van der Waals surface area contributed by atoms with E-state index in [0.29, 0.717) is 0 Å². The zero-order chi connectivity index (χ0) is 15.5. The smallest absolute Gasteiger partial charge is 0.254 e. The zero-order valence-corrected chi connectivity index (χ0v) is 15.1. The second kappa shape index (κ2) is 7.90. The first-order valence-corrected chi connectivity index (χ1v) is 8.50. The summed E-state index contributed by atoms with van der Waals surface area (Å²) in [6.45, 7) is 8.32. The summed E-state index contributed by atoms with van der Waals surface area (Å²) >= 11 is 1.72. The summed E-state index contributed by atoms with van der Waals surface area (Å²) < 4.78 is 0. The predicted octanol–water partition coefficient (Wildman–Crippen LogP) is 3.14. The Hall–Kier alpha value is -1.43.